The van der Waals surface area contributed by atoms with E-state index in [0.717, 1.165) is 23.2 Å². The summed E-state index contributed by atoms with van der Waals surface area (Å²) in [5.74, 6) is -0.241. The van der Waals surface area contributed by atoms with Crippen LogP contribution in [0, 0.1) is 0 Å². The summed E-state index contributed by atoms with van der Waals surface area (Å²) in [5.41, 5.74) is 8.44. The molecule has 3 N–H and O–H groups in total. The van der Waals surface area contributed by atoms with E-state index in [9.17, 15) is 4.79 Å². The summed E-state index contributed by atoms with van der Waals surface area (Å²) in [4.78, 5) is 11.2. The van der Waals surface area contributed by atoms with E-state index < -0.39 is 0 Å². The second kappa shape index (κ2) is 5.73. The van der Waals surface area contributed by atoms with E-state index in [2.05, 4.69) is 5.32 Å². The fourth-order valence-electron chi connectivity index (χ4n) is 1.45. The number of hydrogen-bond donors (Lipinski definition) is 2. The topological polar surface area (TPSA) is 55.1 Å². The van der Waals surface area contributed by atoms with Crippen molar-refractivity contribution in [2.24, 2.45) is 5.73 Å². The molecule has 0 saturated heterocycles. The first-order valence-electron chi connectivity index (χ1n) is 4.89. The molecule has 1 aromatic rings. The number of carbonyl (C=O) groups is 1. The molecule has 0 aliphatic carbocycles. The lowest BCUT2D eigenvalue weighted by Gasteiger charge is -2.13. The number of hydrogen-bond acceptors (Lipinski definition) is 2. The zero-order valence-corrected chi connectivity index (χ0v) is 9.47. The molecule has 0 aromatic heterocycles. The van der Waals surface area contributed by atoms with Gasteiger partial charge in [0.2, 0.25) is 5.91 Å². The summed E-state index contributed by atoms with van der Waals surface area (Å²) < 4.78 is 0. The normalized spacial score (nSPS) is 10.1. The second-order valence-corrected chi connectivity index (χ2v) is 3.46. The Morgan fingerprint density at radius 3 is 2.67 bits per heavy atom. The molecule has 0 aliphatic rings. The van der Waals surface area contributed by atoms with E-state index in [1.165, 1.54) is 0 Å². The van der Waals surface area contributed by atoms with E-state index in [0.29, 0.717) is 6.54 Å². The third-order valence-electron chi connectivity index (χ3n) is 2.22. The first-order chi connectivity index (χ1) is 7.22. The van der Waals surface area contributed by atoms with Crippen molar-refractivity contribution in [2.75, 3.05) is 11.2 Å². The van der Waals surface area contributed by atoms with Gasteiger partial charge in [0.05, 0.1) is 0 Å². The van der Waals surface area contributed by atoms with Gasteiger partial charge in [-0.05, 0) is 17.5 Å². The molecule has 82 valence electrons. The van der Waals surface area contributed by atoms with Gasteiger partial charge in [-0.3, -0.25) is 4.79 Å². The van der Waals surface area contributed by atoms with Gasteiger partial charge in [0.25, 0.3) is 0 Å². The van der Waals surface area contributed by atoms with Crippen LogP contribution >= 0.6 is 11.6 Å². The summed E-state index contributed by atoms with van der Waals surface area (Å²) in [5, 5.41) is 2.78. The summed E-state index contributed by atoms with van der Waals surface area (Å²) >= 11 is 5.45. The quantitative estimate of drug-likeness (QED) is 0.771. The Balaban J connectivity index is 3.05. The minimum Gasteiger partial charge on any atom is -0.326 e. The number of para-hydroxylation sites is 1. The van der Waals surface area contributed by atoms with Crippen molar-refractivity contribution < 1.29 is 4.79 Å². The highest BCUT2D eigenvalue weighted by Crippen LogP contribution is 2.21. The average molecular weight is 227 g/mol. The first-order valence-corrected chi connectivity index (χ1v) is 5.43. The molecule has 0 saturated carbocycles. The predicted molar refractivity (Wildman–Crippen MR) is 63.1 cm³/mol. The fourth-order valence-corrected chi connectivity index (χ4v) is 1.52. The second-order valence-electron chi connectivity index (χ2n) is 3.19. The summed E-state index contributed by atoms with van der Waals surface area (Å²) in [6.45, 7) is 2.44. The average Bonchev–Trinajstić information content (AvgIpc) is 2.29. The van der Waals surface area contributed by atoms with Crippen LogP contribution in [0.1, 0.15) is 18.1 Å². The number of benzene rings is 1. The molecule has 0 heterocycles. The van der Waals surface area contributed by atoms with Gasteiger partial charge in [-0.2, -0.15) is 0 Å². The molecular weight excluding hydrogens is 212 g/mol. The van der Waals surface area contributed by atoms with Crippen LogP contribution in [0.2, 0.25) is 0 Å². The van der Waals surface area contributed by atoms with Gasteiger partial charge in [-0.25, -0.2) is 0 Å². The van der Waals surface area contributed by atoms with Gasteiger partial charge in [0.1, 0.15) is 5.88 Å². The lowest BCUT2D eigenvalue weighted by atomic mass is 10.0. The van der Waals surface area contributed by atoms with Crippen LogP contribution in [0.4, 0.5) is 5.69 Å². The van der Waals surface area contributed by atoms with Crippen molar-refractivity contribution in [2.45, 2.75) is 19.9 Å². The van der Waals surface area contributed by atoms with E-state index in [1.54, 1.807) is 0 Å². The molecule has 0 bridgehead atoms. The van der Waals surface area contributed by atoms with Crippen molar-refractivity contribution in [3.05, 3.63) is 29.3 Å². The Kier molecular flexibility index (Phi) is 4.59. The van der Waals surface area contributed by atoms with E-state index in [1.807, 2.05) is 25.1 Å². The van der Waals surface area contributed by atoms with Crippen molar-refractivity contribution in [1.82, 2.24) is 0 Å². The standard InChI is InChI=1S/C11H15ClN2O/c1-2-8-4-3-5-9(7-13)11(8)14-10(15)6-12/h3-5H,2,6-7,13H2,1H3,(H,14,15). The monoisotopic (exact) mass is 226 g/mol. The Morgan fingerprint density at radius 2 is 2.13 bits per heavy atom. The Hall–Kier alpha value is -1.06. The van der Waals surface area contributed by atoms with Crippen LogP contribution in [0.3, 0.4) is 0 Å². The molecule has 0 aliphatic heterocycles. The predicted octanol–water partition coefficient (Wildman–Crippen LogP) is 1.88. The third-order valence-corrected chi connectivity index (χ3v) is 2.47. The maximum atomic E-state index is 11.2. The number of anilines is 1. The van der Waals surface area contributed by atoms with Crippen molar-refractivity contribution in [3.63, 3.8) is 0 Å². The number of carbonyl (C=O) groups excluding carboxylic acids is 1. The lowest BCUT2D eigenvalue weighted by Crippen LogP contribution is -2.16. The molecule has 0 spiro atoms. The Morgan fingerprint density at radius 1 is 1.47 bits per heavy atom. The van der Waals surface area contributed by atoms with Gasteiger partial charge < -0.3 is 11.1 Å². The van der Waals surface area contributed by atoms with Crippen molar-refractivity contribution >= 4 is 23.2 Å². The smallest absolute Gasteiger partial charge is 0.239 e. The summed E-state index contributed by atoms with van der Waals surface area (Å²) in [7, 11) is 0. The van der Waals surface area contributed by atoms with Crippen molar-refractivity contribution in [3.8, 4) is 0 Å². The number of aryl methyl sites for hydroxylation is 1. The van der Waals surface area contributed by atoms with Gasteiger partial charge in [-0.1, -0.05) is 25.1 Å². The van der Waals surface area contributed by atoms with Crippen molar-refractivity contribution in [1.29, 1.82) is 0 Å². The van der Waals surface area contributed by atoms with Gasteiger partial charge in [-0.15, -0.1) is 11.6 Å². The third kappa shape index (κ3) is 2.94. The zero-order valence-electron chi connectivity index (χ0n) is 8.72. The number of amides is 1. The molecule has 0 radical (unpaired) electrons. The molecule has 4 heteroatoms. The highest BCUT2D eigenvalue weighted by Gasteiger charge is 2.08. The number of nitrogens with one attached hydrogen (secondary N) is 1. The summed E-state index contributed by atoms with van der Waals surface area (Å²) in [6, 6.07) is 5.82. The van der Waals surface area contributed by atoms with Crippen LogP contribution in [0.5, 0.6) is 0 Å². The molecule has 1 rings (SSSR count). The molecule has 3 nitrogen and oxygen atoms in total. The van der Waals surface area contributed by atoms with Gasteiger partial charge >= 0.3 is 0 Å². The van der Waals surface area contributed by atoms with Crippen LogP contribution in [-0.2, 0) is 17.8 Å². The van der Waals surface area contributed by atoms with E-state index in [-0.39, 0.29) is 11.8 Å². The minimum atomic E-state index is -0.202. The maximum Gasteiger partial charge on any atom is 0.239 e. The summed E-state index contributed by atoms with van der Waals surface area (Å²) in [6.07, 6.45) is 0.853. The molecule has 1 amide bonds. The van der Waals surface area contributed by atoms with E-state index >= 15 is 0 Å². The fraction of sp³-hybridized carbons (Fsp3) is 0.364. The number of rotatable bonds is 4. The lowest BCUT2D eigenvalue weighted by molar-refractivity contribution is -0.113. The molecule has 0 unspecified atom stereocenters. The Bertz CT molecular complexity index is 330. The molecular formula is C11H15ClN2O. The molecule has 15 heavy (non-hydrogen) atoms. The highest BCUT2D eigenvalue weighted by molar-refractivity contribution is 6.29. The molecule has 1 aromatic carbocycles. The SMILES string of the molecule is CCc1cccc(CN)c1NC(=O)CCl. The number of alkyl halides is 1. The number of halogens is 1. The van der Waals surface area contributed by atoms with Crippen LogP contribution in [-0.4, -0.2) is 11.8 Å². The largest absolute Gasteiger partial charge is 0.326 e. The van der Waals surface area contributed by atoms with Gasteiger partial charge in [0.15, 0.2) is 0 Å². The molecule has 0 fully saturated rings. The van der Waals surface area contributed by atoms with Gasteiger partial charge in [0, 0.05) is 12.2 Å². The first kappa shape index (κ1) is 12.0. The zero-order chi connectivity index (χ0) is 11.3. The van der Waals surface area contributed by atoms with Crippen LogP contribution < -0.4 is 11.1 Å². The minimum absolute atomic E-state index is 0.0396. The number of nitrogens with two attached hydrogens (primary N) is 1. The van der Waals surface area contributed by atoms with Crippen LogP contribution in [0.25, 0.3) is 0 Å². The molecule has 0 atom stereocenters. The van der Waals surface area contributed by atoms with E-state index in [4.69, 9.17) is 17.3 Å². The maximum absolute atomic E-state index is 11.2. The van der Waals surface area contributed by atoms with Crippen LogP contribution in [0.15, 0.2) is 18.2 Å². The Labute approximate surface area is 94.6 Å². The highest BCUT2D eigenvalue weighted by atomic mass is 35.5.